The lowest BCUT2D eigenvalue weighted by molar-refractivity contribution is 0.483. The van der Waals surface area contributed by atoms with Crippen LogP contribution in [0.5, 0.6) is 0 Å². The number of benzene rings is 1. The van der Waals surface area contributed by atoms with Crippen molar-refractivity contribution in [1.29, 1.82) is 0 Å². The van der Waals surface area contributed by atoms with Gasteiger partial charge in [-0.15, -0.1) is 0 Å². The Kier molecular flexibility index (Phi) is 4.26. The lowest BCUT2D eigenvalue weighted by Gasteiger charge is -2.10. The zero-order valence-electron chi connectivity index (χ0n) is 7.43. The molecule has 0 fully saturated rings. The molecule has 0 spiro atoms. The van der Waals surface area contributed by atoms with Gasteiger partial charge in [0.2, 0.25) is 0 Å². The molecule has 1 aromatic rings. The molecule has 0 saturated carbocycles. The molecule has 0 saturated heterocycles. The first-order valence-electron chi connectivity index (χ1n) is 3.68. The minimum Gasteiger partial charge on any atom is -0.282 e. The van der Waals surface area contributed by atoms with Crippen LogP contribution in [0, 0.1) is 0 Å². The van der Waals surface area contributed by atoms with Crippen molar-refractivity contribution in [2.45, 2.75) is 12.9 Å². The largest absolute Gasteiger partial charge is 0.294 e. The van der Waals surface area contributed by atoms with Gasteiger partial charge in [-0.3, -0.25) is 4.55 Å². The summed E-state index contributed by atoms with van der Waals surface area (Å²) in [6.45, 7) is 0. The van der Waals surface area contributed by atoms with E-state index < -0.39 is 24.0 Å². The van der Waals surface area contributed by atoms with Crippen LogP contribution in [0.2, 0.25) is 0 Å². The van der Waals surface area contributed by atoms with E-state index in [1.807, 2.05) is 0 Å². The minimum atomic E-state index is -4.28. The van der Waals surface area contributed by atoms with Crippen LogP contribution in [0.1, 0.15) is 0 Å². The second kappa shape index (κ2) is 4.80. The summed E-state index contributed by atoms with van der Waals surface area (Å²) in [7, 11) is -6.19. The smallest absolute Gasteiger partial charge is 0.282 e. The number of hydrogen-bond acceptors (Lipinski definition) is 3. The van der Waals surface area contributed by atoms with Crippen LogP contribution >= 0.6 is 34.8 Å². The van der Waals surface area contributed by atoms with Crippen LogP contribution in [0.15, 0.2) is 34.1 Å². The van der Waals surface area contributed by atoms with Gasteiger partial charge < -0.3 is 0 Å². The van der Waals surface area contributed by atoms with Gasteiger partial charge in [0, 0.05) is 4.90 Å². The Hall–Kier alpha value is 0.150. The van der Waals surface area contributed by atoms with E-state index in [0.29, 0.717) is 0 Å². The van der Waals surface area contributed by atoms with Gasteiger partial charge in [0.25, 0.3) is 13.2 Å². The van der Waals surface area contributed by atoms with Crippen molar-refractivity contribution in [2.24, 2.45) is 0 Å². The van der Waals surface area contributed by atoms with Crippen molar-refractivity contribution in [3.05, 3.63) is 24.3 Å². The molecule has 1 aromatic carbocycles. The summed E-state index contributed by atoms with van der Waals surface area (Å²) in [6, 6.07) is 4.53. The van der Waals surface area contributed by atoms with Crippen LogP contribution in [0.3, 0.4) is 0 Å². The zero-order chi connectivity index (χ0) is 12.6. The van der Waals surface area contributed by atoms with Crippen LogP contribution in [0.25, 0.3) is 0 Å². The van der Waals surface area contributed by atoms with E-state index in [9.17, 15) is 12.6 Å². The second-order valence-corrected chi connectivity index (χ2v) is 8.66. The summed E-state index contributed by atoms with van der Waals surface area (Å²) < 4.78 is 39.7. The molecule has 0 aliphatic rings. The molecule has 16 heavy (non-hydrogen) atoms. The Bertz CT molecular complexity index is 503. The second-order valence-electron chi connectivity index (χ2n) is 2.66. The summed E-state index contributed by atoms with van der Waals surface area (Å²) in [5.41, 5.74) is 0. The van der Waals surface area contributed by atoms with E-state index in [1.54, 1.807) is 0 Å². The van der Waals surface area contributed by atoms with Gasteiger partial charge >= 0.3 is 0 Å². The van der Waals surface area contributed by atoms with Gasteiger partial charge in [-0.1, -0.05) is 34.8 Å². The molecule has 0 heterocycles. The topological polar surface area (TPSA) is 71.4 Å². The molecule has 0 aromatic heterocycles. The van der Waals surface area contributed by atoms with E-state index >= 15 is 0 Å². The van der Waals surface area contributed by atoms with E-state index in [2.05, 4.69) is 0 Å². The highest BCUT2D eigenvalue weighted by Gasteiger charge is 2.30. The van der Waals surface area contributed by atoms with Crippen molar-refractivity contribution in [1.82, 2.24) is 0 Å². The predicted octanol–water partition coefficient (Wildman–Crippen LogP) is 2.37. The zero-order valence-corrected chi connectivity index (χ0v) is 11.3. The third-order valence-corrected chi connectivity index (χ3v) is 4.80. The Morgan fingerprint density at radius 2 is 1.56 bits per heavy atom. The first-order chi connectivity index (χ1) is 7.12. The third-order valence-electron chi connectivity index (χ3n) is 1.55. The first kappa shape index (κ1) is 14.2. The molecule has 4 nitrogen and oxygen atoms in total. The van der Waals surface area contributed by atoms with E-state index in [1.165, 1.54) is 12.1 Å². The first-order valence-corrected chi connectivity index (χ1v) is 7.41. The van der Waals surface area contributed by atoms with Gasteiger partial charge in [0.15, 0.2) is 0 Å². The van der Waals surface area contributed by atoms with Crippen molar-refractivity contribution in [3.63, 3.8) is 0 Å². The summed E-state index contributed by atoms with van der Waals surface area (Å²) in [4.78, 5) is -0.176. The highest BCUT2D eigenvalue weighted by molar-refractivity contribution is 7.91. The Balaban J connectivity index is 3.10. The van der Waals surface area contributed by atoms with Crippen LogP contribution < -0.4 is 0 Å². The summed E-state index contributed by atoms with van der Waals surface area (Å²) in [5.74, 6) is 0. The van der Waals surface area contributed by atoms with Crippen molar-refractivity contribution >= 4 is 55.7 Å². The highest BCUT2D eigenvalue weighted by atomic mass is 35.6. The molecule has 1 N–H and O–H groups in total. The summed E-state index contributed by atoms with van der Waals surface area (Å²) in [5, 5.41) is 0. The number of alkyl halides is 3. The molecule has 90 valence electrons. The van der Waals surface area contributed by atoms with E-state index in [4.69, 9.17) is 39.4 Å². The van der Waals surface area contributed by atoms with Crippen LogP contribution in [-0.4, -0.2) is 20.3 Å². The van der Waals surface area contributed by atoms with Gasteiger partial charge in [-0.25, -0.2) is 4.21 Å². The SMILES string of the molecule is O=S(c1ccc(S(=O)(=O)O)cc1)C(Cl)(Cl)Cl. The Morgan fingerprint density at radius 1 is 1.12 bits per heavy atom. The number of rotatable bonds is 2. The lowest BCUT2D eigenvalue weighted by Crippen LogP contribution is -2.12. The molecule has 0 bridgehead atoms. The van der Waals surface area contributed by atoms with Gasteiger partial charge in [-0.2, -0.15) is 8.42 Å². The van der Waals surface area contributed by atoms with Gasteiger partial charge in [0.05, 0.1) is 4.90 Å². The molecule has 0 radical (unpaired) electrons. The maximum atomic E-state index is 11.5. The molecule has 0 aliphatic carbocycles. The minimum absolute atomic E-state index is 0.146. The fourth-order valence-electron chi connectivity index (χ4n) is 0.869. The quantitative estimate of drug-likeness (QED) is 0.670. The summed E-state index contributed by atoms with van der Waals surface area (Å²) in [6.07, 6.45) is 0. The van der Waals surface area contributed by atoms with Crippen molar-refractivity contribution in [2.75, 3.05) is 0 Å². The average Bonchev–Trinajstić information content (AvgIpc) is 2.14. The molecule has 9 heteroatoms. The Labute approximate surface area is 110 Å². The monoisotopic (exact) mass is 322 g/mol. The fraction of sp³-hybridized carbons (Fsp3) is 0.143. The maximum absolute atomic E-state index is 11.5. The lowest BCUT2D eigenvalue weighted by atomic mass is 10.4. The van der Waals surface area contributed by atoms with Crippen molar-refractivity contribution in [3.8, 4) is 0 Å². The molecular formula is C7H5Cl3O4S2. The molecule has 0 amide bonds. The van der Waals surface area contributed by atoms with Gasteiger partial charge in [0.1, 0.15) is 10.8 Å². The van der Waals surface area contributed by atoms with E-state index in [0.717, 1.165) is 12.1 Å². The van der Waals surface area contributed by atoms with Crippen molar-refractivity contribution < 1.29 is 17.2 Å². The predicted molar refractivity (Wildman–Crippen MR) is 63.0 cm³/mol. The van der Waals surface area contributed by atoms with Gasteiger partial charge in [-0.05, 0) is 24.3 Å². The van der Waals surface area contributed by atoms with Crippen LogP contribution in [0.4, 0.5) is 0 Å². The highest BCUT2D eigenvalue weighted by Crippen LogP contribution is 2.34. The fourth-order valence-corrected chi connectivity index (χ4v) is 2.80. The molecule has 0 aliphatic heterocycles. The third kappa shape index (κ3) is 3.58. The molecule has 1 atom stereocenters. The number of hydrogen-bond donors (Lipinski definition) is 1. The summed E-state index contributed by atoms with van der Waals surface area (Å²) >= 11 is 16.2. The molecule has 1 rings (SSSR count). The number of halogens is 3. The molecule has 1 unspecified atom stereocenters. The Morgan fingerprint density at radius 3 is 1.88 bits per heavy atom. The standard InChI is InChI=1S/C7H5Cl3O4S2/c8-7(9,10)15(11)5-1-3-6(4-2-5)16(12,13)14/h1-4H,(H,12,13,14). The normalized spacial score (nSPS) is 14.8. The van der Waals surface area contributed by atoms with Crippen LogP contribution in [-0.2, 0) is 20.9 Å². The van der Waals surface area contributed by atoms with E-state index in [-0.39, 0.29) is 9.79 Å². The molecular weight excluding hydrogens is 319 g/mol. The average molecular weight is 324 g/mol. The maximum Gasteiger partial charge on any atom is 0.294 e.